The summed E-state index contributed by atoms with van der Waals surface area (Å²) in [5.74, 6) is -0.666. The summed E-state index contributed by atoms with van der Waals surface area (Å²) in [4.78, 5) is 13.1. The van der Waals surface area contributed by atoms with Gasteiger partial charge in [0.05, 0.1) is 25.4 Å². The summed E-state index contributed by atoms with van der Waals surface area (Å²) >= 11 is 0. The number of hydrogen-bond donors (Lipinski definition) is 7. The van der Waals surface area contributed by atoms with Crippen LogP contribution in [0.3, 0.4) is 0 Å². The Bertz CT molecular complexity index is 1100. The van der Waals surface area contributed by atoms with Crippen molar-refractivity contribution in [2.24, 2.45) is 0 Å². The molecular formula is C46H91NO12S. The Labute approximate surface area is 365 Å². The molecule has 0 spiro atoms. The van der Waals surface area contributed by atoms with Gasteiger partial charge in [0, 0.05) is 0 Å². The van der Waals surface area contributed by atoms with Crippen LogP contribution in [0.1, 0.15) is 226 Å². The molecule has 0 aliphatic carbocycles. The standard InChI is InChI=1S/C46H91NO12S/c1-3-5-7-9-11-13-15-17-18-19-20-21-22-23-25-27-29-31-33-35-40(50)45(53)47-38(39(49)34-32-30-28-26-24-16-14-12-10-8-6-4-2)37-57-46-43(52)44(59-60(54,55)56)42(51)41(36-48)58-46/h38-44,46,48-52H,3-37H2,1-2H3,(H,47,53)(H,54,55,56). The number of carbonyl (C=O) groups is 1. The van der Waals surface area contributed by atoms with Gasteiger partial charge in [-0.15, -0.1) is 0 Å². The first-order chi connectivity index (χ1) is 28.9. The molecule has 0 aromatic heterocycles. The second-order valence-electron chi connectivity index (χ2n) is 17.6. The zero-order valence-corrected chi connectivity index (χ0v) is 38.7. The summed E-state index contributed by atoms with van der Waals surface area (Å²) in [5.41, 5.74) is 0. The minimum absolute atomic E-state index is 0.266. The Hall–Kier alpha value is -0.940. The van der Waals surface area contributed by atoms with Crippen molar-refractivity contribution >= 4 is 16.3 Å². The molecule has 7 N–H and O–H groups in total. The molecule has 0 radical (unpaired) electrons. The maximum atomic E-state index is 13.1. The number of ether oxygens (including phenoxy) is 2. The highest BCUT2D eigenvalue weighted by Crippen LogP contribution is 2.26. The normalized spacial score (nSPS) is 21.2. The molecule has 1 saturated heterocycles. The van der Waals surface area contributed by atoms with Crippen molar-refractivity contribution in [2.75, 3.05) is 13.2 Å². The number of nitrogens with one attached hydrogen (secondary N) is 1. The van der Waals surface area contributed by atoms with Gasteiger partial charge in [0.15, 0.2) is 6.29 Å². The van der Waals surface area contributed by atoms with Crippen molar-refractivity contribution in [3.05, 3.63) is 0 Å². The minimum atomic E-state index is -5.10. The van der Waals surface area contributed by atoms with Crippen LogP contribution in [0.15, 0.2) is 0 Å². The SMILES string of the molecule is CCCCCCCCCCCCCCCCCCCCCC(O)C(=O)NC(COC1OC(CO)C(O)C(OS(=O)(=O)O)C1O)C(O)CCCCCCCCCCCCCC. The second kappa shape index (κ2) is 37.4. The van der Waals surface area contributed by atoms with E-state index in [0.29, 0.717) is 19.3 Å². The molecule has 1 aliphatic rings. The van der Waals surface area contributed by atoms with E-state index >= 15 is 0 Å². The third-order valence-corrected chi connectivity index (χ3v) is 12.5. The predicted octanol–water partition coefficient (Wildman–Crippen LogP) is 8.75. The molecule has 0 bridgehead atoms. The zero-order valence-electron chi connectivity index (χ0n) is 37.9. The van der Waals surface area contributed by atoms with Crippen LogP contribution in [-0.4, -0.2) is 107 Å². The van der Waals surface area contributed by atoms with E-state index in [1.165, 1.54) is 148 Å². The third-order valence-electron chi connectivity index (χ3n) is 12.0. The first-order valence-corrected chi connectivity index (χ1v) is 25.9. The van der Waals surface area contributed by atoms with Crippen molar-refractivity contribution in [3.8, 4) is 0 Å². The number of carbonyl (C=O) groups excluding carboxylic acids is 1. The summed E-state index contributed by atoms with van der Waals surface area (Å²) in [5, 5.41) is 55.4. The Kier molecular flexibility index (Phi) is 35.6. The first-order valence-electron chi connectivity index (χ1n) is 24.5. The average molecular weight is 882 g/mol. The molecule has 60 heavy (non-hydrogen) atoms. The molecule has 14 heteroatoms. The molecule has 8 unspecified atom stereocenters. The van der Waals surface area contributed by atoms with E-state index in [1.807, 2.05) is 0 Å². The number of hydrogen-bond acceptors (Lipinski definition) is 11. The Balaban J connectivity index is 2.48. The van der Waals surface area contributed by atoms with Gasteiger partial charge in [-0.25, -0.2) is 4.18 Å². The van der Waals surface area contributed by atoms with E-state index < -0.39 is 78.5 Å². The lowest BCUT2D eigenvalue weighted by Crippen LogP contribution is -2.61. The molecule has 0 aromatic carbocycles. The fourth-order valence-corrected chi connectivity index (χ4v) is 8.62. The molecule has 1 rings (SSSR count). The van der Waals surface area contributed by atoms with Crippen LogP contribution in [0.2, 0.25) is 0 Å². The van der Waals surface area contributed by atoms with Gasteiger partial charge >= 0.3 is 10.4 Å². The summed E-state index contributed by atoms with van der Waals surface area (Å²) in [6, 6.07) is -1.03. The van der Waals surface area contributed by atoms with Crippen molar-refractivity contribution in [1.29, 1.82) is 0 Å². The number of rotatable bonds is 42. The van der Waals surface area contributed by atoms with Gasteiger partial charge in [-0.2, -0.15) is 8.42 Å². The molecule has 13 nitrogen and oxygen atoms in total. The third kappa shape index (κ3) is 29.4. The molecule has 1 heterocycles. The van der Waals surface area contributed by atoms with Crippen molar-refractivity contribution < 1.29 is 57.0 Å². The van der Waals surface area contributed by atoms with Gasteiger partial charge in [0.25, 0.3) is 0 Å². The van der Waals surface area contributed by atoms with E-state index in [-0.39, 0.29) is 6.42 Å². The molecule has 0 saturated carbocycles. The lowest BCUT2D eigenvalue weighted by molar-refractivity contribution is -0.298. The van der Waals surface area contributed by atoms with E-state index in [0.717, 1.165) is 38.5 Å². The molecule has 1 fully saturated rings. The van der Waals surface area contributed by atoms with Gasteiger partial charge in [0.1, 0.15) is 30.5 Å². The van der Waals surface area contributed by atoms with Gasteiger partial charge in [-0.1, -0.05) is 213 Å². The number of aliphatic hydroxyl groups is 5. The summed E-state index contributed by atoms with van der Waals surface area (Å²) < 4.78 is 47.6. The van der Waals surface area contributed by atoms with Crippen LogP contribution in [0.25, 0.3) is 0 Å². The molecule has 358 valence electrons. The Morgan fingerprint density at radius 2 is 0.967 bits per heavy atom. The number of aliphatic hydroxyl groups excluding tert-OH is 5. The average Bonchev–Trinajstić information content (AvgIpc) is 3.22. The highest BCUT2D eigenvalue weighted by Gasteiger charge is 2.48. The largest absolute Gasteiger partial charge is 0.397 e. The lowest BCUT2D eigenvalue weighted by Gasteiger charge is -2.41. The number of unbranched alkanes of at least 4 members (excludes halogenated alkanes) is 29. The summed E-state index contributed by atoms with van der Waals surface area (Å²) in [7, 11) is -5.10. The van der Waals surface area contributed by atoms with Crippen molar-refractivity contribution in [1.82, 2.24) is 5.32 Å². The maximum Gasteiger partial charge on any atom is 0.397 e. The van der Waals surface area contributed by atoms with Gasteiger partial charge in [0.2, 0.25) is 5.91 Å². The van der Waals surface area contributed by atoms with Crippen LogP contribution in [0, 0.1) is 0 Å². The topological polar surface area (TPSA) is 212 Å². The molecular weight excluding hydrogens is 791 g/mol. The fourth-order valence-electron chi connectivity index (χ4n) is 8.11. The zero-order chi connectivity index (χ0) is 44.3. The minimum Gasteiger partial charge on any atom is -0.394 e. The highest BCUT2D eigenvalue weighted by atomic mass is 32.3. The van der Waals surface area contributed by atoms with E-state index in [4.69, 9.17) is 9.47 Å². The number of amides is 1. The van der Waals surface area contributed by atoms with E-state index in [1.54, 1.807) is 0 Å². The first kappa shape index (κ1) is 57.1. The molecule has 1 aliphatic heterocycles. The lowest BCUT2D eigenvalue weighted by atomic mass is 9.99. The van der Waals surface area contributed by atoms with E-state index in [2.05, 4.69) is 23.3 Å². The quantitative estimate of drug-likeness (QED) is 0.0227. The molecule has 8 atom stereocenters. The van der Waals surface area contributed by atoms with E-state index in [9.17, 15) is 43.3 Å². The van der Waals surface area contributed by atoms with Crippen molar-refractivity contribution in [3.63, 3.8) is 0 Å². The Morgan fingerprint density at radius 1 is 0.600 bits per heavy atom. The summed E-state index contributed by atoms with van der Waals surface area (Å²) in [6.45, 7) is 3.29. The van der Waals surface area contributed by atoms with Crippen LogP contribution in [0.4, 0.5) is 0 Å². The molecule has 1 amide bonds. The molecule has 0 aromatic rings. The van der Waals surface area contributed by atoms with Gasteiger partial charge < -0.3 is 40.3 Å². The van der Waals surface area contributed by atoms with Gasteiger partial charge in [-0.05, 0) is 12.8 Å². The summed E-state index contributed by atoms with van der Waals surface area (Å²) in [6.07, 6.45) is 27.2. The van der Waals surface area contributed by atoms with Crippen LogP contribution >= 0.6 is 0 Å². The second-order valence-corrected chi connectivity index (χ2v) is 18.6. The fraction of sp³-hybridized carbons (Fsp3) is 0.978. The van der Waals surface area contributed by atoms with Crippen LogP contribution < -0.4 is 5.32 Å². The maximum absolute atomic E-state index is 13.1. The smallest absolute Gasteiger partial charge is 0.394 e. The highest BCUT2D eigenvalue weighted by molar-refractivity contribution is 7.80. The van der Waals surface area contributed by atoms with Gasteiger partial charge in [-0.3, -0.25) is 9.35 Å². The van der Waals surface area contributed by atoms with Crippen LogP contribution in [-0.2, 0) is 28.9 Å². The Morgan fingerprint density at radius 3 is 1.33 bits per heavy atom. The van der Waals surface area contributed by atoms with Crippen molar-refractivity contribution in [2.45, 2.75) is 275 Å². The predicted molar refractivity (Wildman–Crippen MR) is 238 cm³/mol. The monoisotopic (exact) mass is 882 g/mol. The van der Waals surface area contributed by atoms with Crippen LogP contribution in [0.5, 0.6) is 0 Å².